The van der Waals surface area contributed by atoms with E-state index in [9.17, 15) is 39.5 Å². The molecule has 1 aromatic heterocycles. The first-order valence-electron chi connectivity index (χ1n) is 12.9. The van der Waals surface area contributed by atoms with Crippen molar-refractivity contribution in [3.8, 4) is 11.1 Å². The van der Waals surface area contributed by atoms with Crippen molar-refractivity contribution >= 4 is 19.3 Å². The molecule has 0 amide bonds. The summed E-state index contributed by atoms with van der Waals surface area (Å²) in [6.07, 6.45) is -16.2. The van der Waals surface area contributed by atoms with Gasteiger partial charge in [-0.25, -0.2) is 0 Å². The third kappa shape index (κ3) is 5.20. The van der Waals surface area contributed by atoms with Crippen LogP contribution >= 0.6 is 0 Å². The fourth-order valence-corrected chi connectivity index (χ4v) is 11.8. The summed E-state index contributed by atoms with van der Waals surface area (Å²) >= 11 is 1.21. The van der Waals surface area contributed by atoms with Crippen LogP contribution < -0.4 is 24.8 Å². The number of hydrogen-bond donors (Lipinski definition) is 0. The molecule has 0 radical (unpaired) electrons. The van der Waals surface area contributed by atoms with E-state index >= 15 is 0 Å². The standard InChI is InChI=1S/C20H12F9.C10H12OSi.2ClH.Zr/c1-11-9-13-3-2-4-15(16(13)10-11)12-5-7-14(8-6-12)17(18(21,22)23,19(24,25)26)20(27,28)29;1-6-9-7-4-5-11-8(7)10(6)12(9,2)3;;;/h2-10H,1H3;4-5,10H,1-3H3;2*1H;/q;;;;+2/p-2. The van der Waals surface area contributed by atoms with E-state index in [-0.39, 0.29) is 46.1 Å². The molecule has 2 aliphatic heterocycles. The van der Waals surface area contributed by atoms with Gasteiger partial charge in [-0.05, 0) is 18.2 Å². The number of halogens is 11. The van der Waals surface area contributed by atoms with Crippen LogP contribution in [0.2, 0.25) is 13.1 Å². The van der Waals surface area contributed by atoms with Crippen molar-refractivity contribution in [3.05, 3.63) is 94.0 Å². The summed E-state index contributed by atoms with van der Waals surface area (Å²) in [4.78, 5) is 0. The fraction of sp³-hybridized carbons (Fsp3) is 0.333. The van der Waals surface area contributed by atoms with Crippen LogP contribution in [0.1, 0.15) is 51.0 Å². The van der Waals surface area contributed by atoms with Gasteiger partial charge in [-0.3, -0.25) is 0 Å². The first-order valence-corrected chi connectivity index (χ1v) is 17.4. The smallest absolute Gasteiger partial charge is 1.00 e. The Morgan fingerprint density at radius 1 is 0.750 bits per heavy atom. The molecule has 1 nitrogen and oxygen atoms in total. The van der Waals surface area contributed by atoms with Crippen molar-refractivity contribution in [2.24, 2.45) is 0 Å². The predicted molar refractivity (Wildman–Crippen MR) is 140 cm³/mol. The number of benzene rings is 2. The maximum absolute atomic E-state index is 13.3. The van der Waals surface area contributed by atoms with Gasteiger partial charge in [0.2, 0.25) is 0 Å². The number of fused-ring (bicyclic) bond motifs is 1. The van der Waals surface area contributed by atoms with Gasteiger partial charge in [0.05, 0.1) is 14.3 Å². The zero-order chi connectivity index (χ0) is 31.2. The maximum atomic E-state index is 13.3. The molecule has 0 saturated carbocycles. The van der Waals surface area contributed by atoms with E-state index < -0.39 is 37.6 Å². The molecule has 2 aliphatic carbocycles. The van der Waals surface area contributed by atoms with Gasteiger partial charge in [0.15, 0.2) is 0 Å². The van der Waals surface area contributed by atoms with Crippen molar-refractivity contribution in [2.75, 3.05) is 0 Å². The number of furan rings is 1. The van der Waals surface area contributed by atoms with Crippen molar-refractivity contribution < 1.29 is 93.5 Å². The van der Waals surface area contributed by atoms with Crippen molar-refractivity contribution in [3.63, 3.8) is 0 Å². The van der Waals surface area contributed by atoms with Crippen LogP contribution in [0, 0.1) is 0 Å². The summed E-state index contributed by atoms with van der Waals surface area (Å²) in [6, 6.07) is 9.54. The third-order valence-corrected chi connectivity index (χ3v) is 14.6. The molecule has 2 aromatic carbocycles. The van der Waals surface area contributed by atoms with Gasteiger partial charge < -0.3 is 29.2 Å². The average molecular weight is 762 g/mol. The summed E-state index contributed by atoms with van der Waals surface area (Å²) < 4.78 is 125. The van der Waals surface area contributed by atoms with E-state index in [1.54, 1.807) is 22.9 Å². The molecular weight excluding hydrogens is 738 g/mol. The van der Waals surface area contributed by atoms with E-state index in [1.807, 2.05) is 25.3 Å². The molecule has 2 bridgehead atoms. The Balaban J connectivity index is 0.000000313. The number of hydrogen-bond acceptors (Lipinski definition) is 1. The van der Waals surface area contributed by atoms with E-state index in [1.165, 1.54) is 36.0 Å². The zero-order valence-corrected chi connectivity index (χ0v) is 28.5. The molecule has 14 heteroatoms. The SMILES string of the molecule is CC1=C2c3ccoc3C1[Si]2(C)C.CC1=Cc2c(-c3ccc(C(C(F)(F)F)(C(F)(F)F)C(F)(F)F)cc3)cccc2[CH]1[Zr+2].[Cl-].[Cl-]. The van der Waals surface area contributed by atoms with Crippen LogP contribution in [-0.2, 0) is 30.1 Å². The summed E-state index contributed by atoms with van der Waals surface area (Å²) in [5, 5.41) is 1.66. The molecule has 44 heavy (non-hydrogen) atoms. The Morgan fingerprint density at radius 3 is 1.77 bits per heavy atom. The number of alkyl halides is 9. The molecule has 0 saturated heterocycles. The average Bonchev–Trinajstić information content (AvgIpc) is 3.54. The van der Waals surface area contributed by atoms with Crippen LogP contribution in [0.25, 0.3) is 22.4 Å². The van der Waals surface area contributed by atoms with Gasteiger partial charge in [0.1, 0.15) is 5.76 Å². The van der Waals surface area contributed by atoms with Gasteiger partial charge in [-0.2, -0.15) is 0 Å². The molecule has 235 valence electrons. The number of allylic oxidation sites excluding steroid dienone is 2. The monoisotopic (exact) mass is 759 g/mol. The van der Waals surface area contributed by atoms with Crippen molar-refractivity contribution in [2.45, 2.75) is 60.1 Å². The third-order valence-electron chi connectivity index (χ3n) is 8.60. The summed E-state index contributed by atoms with van der Waals surface area (Å²) in [6.45, 7) is 9.04. The minimum absolute atomic E-state index is 0. The molecule has 2 atom stereocenters. The summed E-state index contributed by atoms with van der Waals surface area (Å²) in [5.41, 5.74) is -0.647. The van der Waals surface area contributed by atoms with Gasteiger partial charge in [0.25, 0.3) is 0 Å². The molecule has 0 N–H and O–H groups in total. The molecule has 7 rings (SSSR count). The fourth-order valence-electron chi connectivity index (χ4n) is 6.77. The maximum Gasteiger partial charge on any atom is -1.00 e. The molecule has 4 aliphatic rings. The minimum Gasteiger partial charge on any atom is -1.00 e. The molecule has 0 fully saturated rings. The molecule has 3 heterocycles. The normalized spacial score (nSPS) is 19.9. The first-order chi connectivity index (χ1) is 19.3. The summed E-state index contributed by atoms with van der Waals surface area (Å²) in [7, 11) is -1.08. The minimum atomic E-state index is -6.63. The van der Waals surface area contributed by atoms with Gasteiger partial charge in [-0.15, -0.1) is 0 Å². The molecule has 0 spiro atoms. The Morgan fingerprint density at radius 2 is 1.30 bits per heavy atom. The zero-order valence-electron chi connectivity index (χ0n) is 23.5. The van der Waals surface area contributed by atoms with E-state index in [0.717, 1.165) is 28.8 Å². The molecular formula is C30H24Cl2F9OSiZr. The Hall–Kier alpha value is -1.75. The number of rotatable bonds is 2. The first kappa shape index (κ1) is 36.7. The predicted octanol–water partition coefficient (Wildman–Crippen LogP) is 4.24. The quantitative estimate of drug-likeness (QED) is 0.282. The van der Waals surface area contributed by atoms with Gasteiger partial charge >= 0.3 is 181 Å². The summed E-state index contributed by atoms with van der Waals surface area (Å²) in [5.74, 6) is 1.26. The van der Waals surface area contributed by atoms with Gasteiger partial charge in [-0.1, -0.05) is 18.7 Å². The molecule has 2 unspecified atom stereocenters. The van der Waals surface area contributed by atoms with Gasteiger partial charge in [0, 0.05) is 11.1 Å². The van der Waals surface area contributed by atoms with Crippen molar-refractivity contribution in [1.29, 1.82) is 0 Å². The Labute approximate surface area is 276 Å². The van der Waals surface area contributed by atoms with Crippen LogP contribution in [-0.4, -0.2) is 26.6 Å². The Kier molecular flexibility index (Phi) is 9.85. The van der Waals surface area contributed by atoms with Crippen LogP contribution in [0.15, 0.2) is 70.4 Å². The van der Waals surface area contributed by atoms with E-state index in [0.29, 0.717) is 11.1 Å². The van der Waals surface area contributed by atoms with Crippen LogP contribution in [0.4, 0.5) is 39.5 Å². The van der Waals surface area contributed by atoms with Crippen molar-refractivity contribution in [1.82, 2.24) is 0 Å². The van der Waals surface area contributed by atoms with Crippen LogP contribution in [0.5, 0.6) is 0 Å². The van der Waals surface area contributed by atoms with E-state index in [2.05, 4.69) is 26.1 Å². The molecule has 3 aromatic rings. The largest absolute Gasteiger partial charge is 1.00 e. The second kappa shape index (κ2) is 11.8. The Bertz CT molecular complexity index is 1580. The second-order valence-electron chi connectivity index (χ2n) is 11.4. The second-order valence-corrected chi connectivity index (χ2v) is 17.3. The topological polar surface area (TPSA) is 13.1 Å². The van der Waals surface area contributed by atoms with E-state index in [4.69, 9.17) is 4.42 Å². The van der Waals surface area contributed by atoms with Crippen LogP contribution in [0.3, 0.4) is 0 Å².